The summed E-state index contributed by atoms with van der Waals surface area (Å²) in [6.07, 6.45) is 3.17. The molecule has 3 nitrogen and oxygen atoms in total. The minimum Gasteiger partial charge on any atom is -0.351 e. The summed E-state index contributed by atoms with van der Waals surface area (Å²) in [5, 5.41) is 6.54. The summed E-state index contributed by atoms with van der Waals surface area (Å²) < 4.78 is 0. The van der Waals surface area contributed by atoms with Crippen molar-refractivity contribution in [3.63, 3.8) is 0 Å². The zero-order valence-corrected chi connectivity index (χ0v) is 8.68. The van der Waals surface area contributed by atoms with E-state index < -0.39 is 0 Å². The molecular weight excluding hydrogens is 182 g/mol. The van der Waals surface area contributed by atoms with Gasteiger partial charge in [-0.3, -0.25) is 0 Å². The van der Waals surface area contributed by atoms with E-state index in [1.165, 1.54) is 13.0 Å². The van der Waals surface area contributed by atoms with Gasteiger partial charge in [0, 0.05) is 25.2 Å². The van der Waals surface area contributed by atoms with E-state index >= 15 is 0 Å². The molecule has 72 valence electrons. The predicted octanol–water partition coefficient (Wildman–Crippen LogP) is 1.19. The summed E-state index contributed by atoms with van der Waals surface area (Å²) in [4.78, 5) is 6.53. The largest absolute Gasteiger partial charge is 0.351 e. The van der Waals surface area contributed by atoms with E-state index in [0.29, 0.717) is 0 Å². The smallest absolute Gasteiger partial charge is 0.184 e. The maximum absolute atomic E-state index is 4.28. The van der Waals surface area contributed by atoms with Crippen molar-refractivity contribution >= 4 is 16.5 Å². The summed E-state index contributed by atoms with van der Waals surface area (Å²) >= 11 is 1.71. The molecule has 1 atom stereocenters. The molecule has 2 heterocycles. The molecule has 1 fully saturated rings. The van der Waals surface area contributed by atoms with E-state index in [1.54, 1.807) is 11.3 Å². The maximum atomic E-state index is 4.28. The van der Waals surface area contributed by atoms with Crippen LogP contribution in [0.2, 0.25) is 0 Å². The van der Waals surface area contributed by atoms with Gasteiger partial charge in [-0.1, -0.05) is 0 Å². The number of thiazole rings is 1. The van der Waals surface area contributed by atoms with E-state index in [2.05, 4.69) is 22.2 Å². The minimum atomic E-state index is 0.800. The van der Waals surface area contributed by atoms with Gasteiger partial charge in [-0.05, 0) is 25.4 Å². The van der Waals surface area contributed by atoms with Gasteiger partial charge in [-0.2, -0.15) is 0 Å². The number of anilines is 1. The number of rotatable bonds is 3. The minimum absolute atomic E-state index is 0.800. The summed E-state index contributed by atoms with van der Waals surface area (Å²) in [6, 6.07) is 0. The van der Waals surface area contributed by atoms with Crippen molar-refractivity contribution in [2.24, 2.45) is 5.92 Å². The lowest BCUT2D eigenvalue weighted by molar-refractivity contribution is 0.578. The van der Waals surface area contributed by atoms with Crippen molar-refractivity contribution in [1.29, 1.82) is 0 Å². The first-order chi connectivity index (χ1) is 6.36. The van der Waals surface area contributed by atoms with Crippen LogP contribution in [0.1, 0.15) is 6.42 Å². The van der Waals surface area contributed by atoms with Gasteiger partial charge in [0.2, 0.25) is 0 Å². The van der Waals surface area contributed by atoms with Gasteiger partial charge >= 0.3 is 0 Å². The fourth-order valence-corrected chi connectivity index (χ4v) is 2.36. The van der Waals surface area contributed by atoms with Crippen molar-refractivity contribution in [3.05, 3.63) is 11.6 Å². The molecule has 0 amide bonds. The van der Waals surface area contributed by atoms with Gasteiger partial charge in [-0.15, -0.1) is 11.3 Å². The Balaban J connectivity index is 1.87. The molecule has 0 aromatic carbocycles. The van der Waals surface area contributed by atoms with Crippen LogP contribution in [0.25, 0.3) is 0 Å². The monoisotopic (exact) mass is 197 g/mol. The lowest BCUT2D eigenvalue weighted by atomic mass is 10.1. The van der Waals surface area contributed by atoms with Crippen molar-refractivity contribution in [1.82, 2.24) is 10.3 Å². The zero-order valence-electron chi connectivity index (χ0n) is 7.86. The normalized spacial score (nSPS) is 22.1. The zero-order chi connectivity index (χ0) is 9.10. The third kappa shape index (κ3) is 2.19. The highest BCUT2D eigenvalue weighted by molar-refractivity contribution is 7.13. The second kappa shape index (κ2) is 4.07. The highest BCUT2D eigenvalue weighted by Gasteiger charge is 2.17. The van der Waals surface area contributed by atoms with Crippen LogP contribution in [0.3, 0.4) is 0 Å². The van der Waals surface area contributed by atoms with Gasteiger partial charge in [0.1, 0.15) is 0 Å². The SMILES string of the molecule is CN(C[C@@H]1CCNC1)c1nccs1. The van der Waals surface area contributed by atoms with Crippen LogP contribution in [-0.4, -0.2) is 31.7 Å². The lowest BCUT2D eigenvalue weighted by Gasteiger charge is -2.19. The molecule has 1 aliphatic rings. The molecule has 13 heavy (non-hydrogen) atoms. The Morgan fingerprint density at radius 1 is 1.77 bits per heavy atom. The fourth-order valence-electron chi connectivity index (χ4n) is 1.74. The summed E-state index contributed by atoms with van der Waals surface area (Å²) in [6.45, 7) is 3.46. The average Bonchev–Trinajstić information content (AvgIpc) is 2.74. The topological polar surface area (TPSA) is 28.2 Å². The Hall–Kier alpha value is -0.610. The molecule has 0 saturated carbocycles. The van der Waals surface area contributed by atoms with Gasteiger partial charge in [0.15, 0.2) is 5.13 Å². The highest BCUT2D eigenvalue weighted by atomic mass is 32.1. The van der Waals surface area contributed by atoms with Gasteiger partial charge < -0.3 is 10.2 Å². The van der Waals surface area contributed by atoms with Crippen molar-refractivity contribution in [2.45, 2.75) is 6.42 Å². The van der Waals surface area contributed by atoms with Crippen LogP contribution in [0.4, 0.5) is 5.13 Å². The number of nitrogens with zero attached hydrogens (tertiary/aromatic N) is 2. The maximum Gasteiger partial charge on any atom is 0.184 e. The van der Waals surface area contributed by atoms with Crippen LogP contribution >= 0.6 is 11.3 Å². The van der Waals surface area contributed by atoms with Crippen LogP contribution < -0.4 is 10.2 Å². The number of hydrogen-bond donors (Lipinski definition) is 1. The molecule has 0 bridgehead atoms. The van der Waals surface area contributed by atoms with Crippen LogP contribution in [-0.2, 0) is 0 Å². The molecule has 1 saturated heterocycles. The quantitative estimate of drug-likeness (QED) is 0.789. The van der Waals surface area contributed by atoms with Gasteiger partial charge in [0.05, 0.1) is 0 Å². The molecule has 4 heteroatoms. The van der Waals surface area contributed by atoms with Gasteiger partial charge in [-0.25, -0.2) is 4.98 Å². The first-order valence-corrected chi connectivity index (χ1v) is 5.55. The Morgan fingerprint density at radius 2 is 2.69 bits per heavy atom. The van der Waals surface area contributed by atoms with Gasteiger partial charge in [0.25, 0.3) is 0 Å². The van der Waals surface area contributed by atoms with E-state index in [0.717, 1.165) is 24.1 Å². The molecule has 1 aliphatic heterocycles. The predicted molar refractivity (Wildman–Crippen MR) is 56.4 cm³/mol. The molecule has 0 radical (unpaired) electrons. The highest BCUT2D eigenvalue weighted by Crippen LogP contribution is 2.18. The van der Waals surface area contributed by atoms with Crippen LogP contribution in [0.5, 0.6) is 0 Å². The van der Waals surface area contributed by atoms with E-state index in [1.807, 2.05) is 11.6 Å². The molecule has 0 aliphatic carbocycles. The summed E-state index contributed by atoms with van der Waals surface area (Å²) in [5.41, 5.74) is 0. The van der Waals surface area contributed by atoms with E-state index in [9.17, 15) is 0 Å². The number of aromatic nitrogens is 1. The lowest BCUT2D eigenvalue weighted by Crippen LogP contribution is -2.26. The number of nitrogens with one attached hydrogen (secondary N) is 1. The van der Waals surface area contributed by atoms with Crippen molar-refractivity contribution in [3.8, 4) is 0 Å². The number of hydrogen-bond acceptors (Lipinski definition) is 4. The second-order valence-corrected chi connectivity index (χ2v) is 4.43. The molecular formula is C9H15N3S. The van der Waals surface area contributed by atoms with Crippen LogP contribution in [0, 0.1) is 5.92 Å². The third-order valence-electron chi connectivity index (χ3n) is 2.44. The molecule has 1 aromatic heterocycles. The standard InChI is InChI=1S/C9H15N3S/c1-12(9-11-4-5-13-9)7-8-2-3-10-6-8/h4-5,8,10H,2-3,6-7H2,1H3/t8-/m1/s1. The van der Waals surface area contributed by atoms with E-state index in [-0.39, 0.29) is 0 Å². The van der Waals surface area contributed by atoms with Crippen molar-refractivity contribution in [2.75, 3.05) is 31.6 Å². The van der Waals surface area contributed by atoms with E-state index in [4.69, 9.17) is 0 Å². The Labute approximate surface area is 82.8 Å². The molecule has 1 aromatic rings. The fraction of sp³-hybridized carbons (Fsp3) is 0.667. The first-order valence-electron chi connectivity index (χ1n) is 4.67. The summed E-state index contributed by atoms with van der Waals surface area (Å²) in [7, 11) is 2.12. The Bertz CT molecular complexity index is 241. The van der Waals surface area contributed by atoms with Crippen LogP contribution in [0.15, 0.2) is 11.6 Å². The van der Waals surface area contributed by atoms with Crippen molar-refractivity contribution < 1.29 is 0 Å². The first kappa shape index (κ1) is 8.97. The Kier molecular flexibility index (Phi) is 2.80. The molecule has 2 rings (SSSR count). The summed E-state index contributed by atoms with van der Waals surface area (Å²) in [5.74, 6) is 0.800. The average molecular weight is 197 g/mol. The molecule has 0 unspecified atom stereocenters. The third-order valence-corrected chi connectivity index (χ3v) is 3.33. The molecule has 1 N–H and O–H groups in total. The molecule has 0 spiro atoms. The Morgan fingerprint density at radius 3 is 3.31 bits per heavy atom. The second-order valence-electron chi connectivity index (χ2n) is 3.55.